The Kier molecular flexibility index (Phi) is 2.17. The molecule has 2 aromatic rings. The van der Waals surface area contributed by atoms with Gasteiger partial charge in [-0.3, -0.25) is 4.57 Å². The van der Waals surface area contributed by atoms with Gasteiger partial charge in [-0.05, 0) is 19.8 Å². The topological polar surface area (TPSA) is 43.6 Å². The minimum absolute atomic E-state index is 0.500. The lowest BCUT2D eigenvalue weighted by Crippen LogP contribution is -2.03. The molecule has 0 radical (unpaired) electrons. The highest BCUT2D eigenvalue weighted by atomic mass is 35.5. The monoisotopic (exact) mass is 234 g/mol. The average molecular weight is 235 g/mol. The molecular weight excluding hydrogens is 224 g/mol. The largest absolute Gasteiger partial charge is 0.288 e. The summed E-state index contributed by atoms with van der Waals surface area (Å²) in [6.45, 7) is 1.94. The molecular formula is C11H11ClN4. The summed E-state index contributed by atoms with van der Waals surface area (Å²) < 4.78 is 1.92. The van der Waals surface area contributed by atoms with Crippen LogP contribution in [-0.4, -0.2) is 19.5 Å². The van der Waals surface area contributed by atoms with Crippen molar-refractivity contribution in [2.24, 2.45) is 0 Å². The summed E-state index contributed by atoms with van der Waals surface area (Å²) in [5.74, 6) is 3.06. The SMILES string of the molecule is Cc1nccn1-c1cc(Cl)nc(C2CC2)n1. The molecule has 3 rings (SSSR count). The van der Waals surface area contributed by atoms with E-state index in [-0.39, 0.29) is 0 Å². The molecule has 82 valence electrons. The van der Waals surface area contributed by atoms with E-state index in [0.29, 0.717) is 11.1 Å². The van der Waals surface area contributed by atoms with Crippen molar-refractivity contribution in [3.8, 4) is 5.82 Å². The first-order valence-corrected chi connectivity index (χ1v) is 5.66. The van der Waals surface area contributed by atoms with E-state index in [4.69, 9.17) is 11.6 Å². The van der Waals surface area contributed by atoms with Crippen LogP contribution in [0.15, 0.2) is 18.5 Å². The molecule has 0 aromatic carbocycles. The Balaban J connectivity index is 2.10. The van der Waals surface area contributed by atoms with Crippen molar-refractivity contribution >= 4 is 11.6 Å². The van der Waals surface area contributed by atoms with E-state index in [1.54, 1.807) is 12.3 Å². The number of imidazole rings is 1. The second-order valence-corrected chi connectivity index (χ2v) is 4.41. The smallest absolute Gasteiger partial charge is 0.143 e. The van der Waals surface area contributed by atoms with Crippen LogP contribution in [0.3, 0.4) is 0 Å². The highest BCUT2D eigenvalue weighted by molar-refractivity contribution is 6.29. The highest BCUT2D eigenvalue weighted by Crippen LogP contribution is 2.38. The Bertz CT molecular complexity index is 531. The third-order valence-corrected chi connectivity index (χ3v) is 2.91. The van der Waals surface area contributed by atoms with E-state index < -0.39 is 0 Å². The molecule has 1 aliphatic rings. The van der Waals surface area contributed by atoms with E-state index >= 15 is 0 Å². The van der Waals surface area contributed by atoms with Crippen molar-refractivity contribution in [3.63, 3.8) is 0 Å². The molecule has 1 aliphatic carbocycles. The second-order valence-electron chi connectivity index (χ2n) is 4.03. The summed E-state index contributed by atoms with van der Waals surface area (Å²) in [6, 6.07) is 1.77. The first kappa shape index (κ1) is 9.78. The Morgan fingerprint density at radius 2 is 2.19 bits per heavy atom. The first-order chi connectivity index (χ1) is 7.74. The molecule has 0 aliphatic heterocycles. The number of hydrogen-bond acceptors (Lipinski definition) is 3. The van der Waals surface area contributed by atoms with E-state index in [1.165, 1.54) is 12.8 Å². The van der Waals surface area contributed by atoms with Gasteiger partial charge >= 0.3 is 0 Å². The number of halogens is 1. The summed E-state index contributed by atoms with van der Waals surface area (Å²) in [4.78, 5) is 13.0. The molecule has 16 heavy (non-hydrogen) atoms. The quantitative estimate of drug-likeness (QED) is 0.750. The van der Waals surface area contributed by atoms with Crippen LogP contribution in [0.2, 0.25) is 5.15 Å². The van der Waals surface area contributed by atoms with Crippen molar-refractivity contribution in [3.05, 3.63) is 35.3 Å². The molecule has 0 bridgehead atoms. The Morgan fingerprint density at radius 3 is 2.81 bits per heavy atom. The van der Waals surface area contributed by atoms with E-state index in [0.717, 1.165) is 17.5 Å². The molecule has 0 spiro atoms. The fraction of sp³-hybridized carbons (Fsp3) is 0.364. The molecule has 0 saturated heterocycles. The van der Waals surface area contributed by atoms with Crippen LogP contribution < -0.4 is 0 Å². The number of aryl methyl sites for hydroxylation is 1. The van der Waals surface area contributed by atoms with Crippen LogP contribution >= 0.6 is 11.6 Å². The van der Waals surface area contributed by atoms with Gasteiger partial charge in [0.2, 0.25) is 0 Å². The Labute approximate surface area is 98.3 Å². The van der Waals surface area contributed by atoms with Crippen LogP contribution in [0.1, 0.15) is 30.4 Å². The molecule has 4 nitrogen and oxygen atoms in total. The first-order valence-electron chi connectivity index (χ1n) is 5.29. The van der Waals surface area contributed by atoms with E-state index in [1.807, 2.05) is 17.7 Å². The summed E-state index contributed by atoms with van der Waals surface area (Å²) in [5, 5.41) is 0.500. The van der Waals surface area contributed by atoms with Crippen molar-refractivity contribution in [2.75, 3.05) is 0 Å². The molecule has 0 amide bonds. The minimum Gasteiger partial charge on any atom is -0.288 e. The van der Waals surface area contributed by atoms with Crippen LogP contribution in [0.5, 0.6) is 0 Å². The average Bonchev–Trinajstić information content (AvgIpc) is 3.01. The number of rotatable bonds is 2. The molecule has 0 N–H and O–H groups in total. The summed E-state index contributed by atoms with van der Waals surface area (Å²) in [5.41, 5.74) is 0. The van der Waals surface area contributed by atoms with Gasteiger partial charge in [-0.25, -0.2) is 15.0 Å². The zero-order chi connectivity index (χ0) is 11.1. The van der Waals surface area contributed by atoms with E-state index in [2.05, 4.69) is 15.0 Å². The van der Waals surface area contributed by atoms with Crippen molar-refractivity contribution in [1.82, 2.24) is 19.5 Å². The highest BCUT2D eigenvalue weighted by Gasteiger charge is 2.27. The van der Waals surface area contributed by atoms with Crippen LogP contribution in [0.4, 0.5) is 0 Å². The molecule has 2 heterocycles. The van der Waals surface area contributed by atoms with Gasteiger partial charge in [0.1, 0.15) is 22.6 Å². The summed E-state index contributed by atoms with van der Waals surface area (Å²) >= 11 is 6.01. The third kappa shape index (κ3) is 1.69. The van der Waals surface area contributed by atoms with Gasteiger partial charge in [0.15, 0.2) is 0 Å². The zero-order valence-corrected chi connectivity index (χ0v) is 9.65. The normalized spacial score (nSPS) is 15.4. The van der Waals surface area contributed by atoms with Gasteiger partial charge in [0.25, 0.3) is 0 Å². The fourth-order valence-corrected chi connectivity index (χ4v) is 1.87. The minimum atomic E-state index is 0.500. The standard InChI is InChI=1S/C11H11ClN4/c1-7-13-4-5-16(7)10-6-9(12)14-11(15-10)8-2-3-8/h4-6,8H,2-3H2,1H3. The predicted octanol–water partition coefficient (Wildman–Crippen LogP) is 2.50. The fourth-order valence-electron chi connectivity index (χ4n) is 1.69. The molecule has 0 unspecified atom stereocenters. The maximum Gasteiger partial charge on any atom is 0.143 e. The molecule has 5 heteroatoms. The lowest BCUT2D eigenvalue weighted by Gasteiger charge is -2.06. The van der Waals surface area contributed by atoms with Gasteiger partial charge in [-0.2, -0.15) is 0 Å². The second kappa shape index (κ2) is 3.56. The van der Waals surface area contributed by atoms with Crippen LogP contribution in [0, 0.1) is 6.92 Å². The molecule has 0 atom stereocenters. The number of hydrogen-bond donors (Lipinski definition) is 0. The van der Waals surface area contributed by atoms with Gasteiger partial charge in [-0.15, -0.1) is 0 Å². The van der Waals surface area contributed by atoms with E-state index in [9.17, 15) is 0 Å². The van der Waals surface area contributed by atoms with Crippen molar-refractivity contribution in [1.29, 1.82) is 0 Å². The van der Waals surface area contributed by atoms with Gasteiger partial charge in [0, 0.05) is 24.4 Å². The maximum atomic E-state index is 6.01. The molecule has 1 fully saturated rings. The molecule has 1 saturated carbocycles. The van der Waals surface area contributed by atoms with Crippen molar-refractivity contribution < 1.29 is 0 Å². The lowest BCUT2D eigenvalue weighted by atomic mass is 10.4. The van der Waals surface area contributed by atoms with Gasteiger partial charge in [-0.1, -0.05) is 11.6 Å². The summed E-state index contributed by atoms with van der Waals surface area (Å²) in [6.07, 6.45) is 5.97. The number of nitrogens with zero attached hydrogens (tertiary/aromatic N) is 4. The van der Waals surface area contributed by atoms with Crippen LogP contribution in [-0.2, 0) is 0 Å². The van der Waals surface area contributed by atoms with Gasteiger partial charge < -0.3 is 0 Å². The maximum absolute atomic E-state index is 6.01. The Morgan fingerprint density at radius 1 is 1.38 bits per heavy atom. The van der Waals surface area contributed by atoms with Crippen molar-refractivity contribution in [2.45, 2.75) is 25.7 Å². The zero-order valence-electron chi connectivity index (χ0n) is 8.89. The third-order valence-electron chi connectivity index (χ3n) is 2.71. The van der Waals surface area contributed by atoms with Gasteiger partial charge in [0.05, 0.1) is 0 Å². The lowest BCUT2D eigenvalue weighted by molar-refractivity contribution is 0.860. The Hall–Kier alpha value is -1.42. The molecule has 2 aromatic heterocycles. The number of aromatic nitrogens is 4. The predicted molar refractivity (Wildman–Crippen MR) is 60.9 cm³/mol. The van der Waals surface area contributed by atoms with Crippen LogP contribution in [0.25, 0.3) is 5.82 Å². The summed E-state index contributed by atoms with van der Waals surface area (Å²) in [7, 11) is 0.